The summed E-state index contributed by atoms with van der Waals surface area (Å²) in [6, 6.07) is 0.328. The monoisotopic (exact) mass is 254 g/mol. The molecule has 0 bridgehead atoms. The minimum Gasteiger partial charge on any atom is -0.342 e. The van der Waals surface area contributed by atoms with Gasteiger partial charge in [-0.25, -0.2) is 0 Å². The number of hydrogen-bond donors (Lipinski definition) is 1. The van der Waals surface area contributed by atoms with Gasteiger partial charge in [-0.3, -0.25) is 9.59 Å². The van der Waals surface area contributed by atoms with Crippen LogP contribution in [0.5, 0.6) is 0 Å². The summed E-state index contributed by atoms with van der Waals surface area (Å²) in [7, 11) is 0. The zero-order chi connectivity index (χ0) is 13.7. The van der Waals surface area contributed by atoms with E-state index in [0.29, 0.717) is 18.4 Å². The van der Waals surface area contributed by atoms with Gasteiger partial charge in [0.1, 0.15) is 5.78 Å². The predicted molar refractivity (Wildman–Crippen MR) is 72.3 cm³/mol. The average Bonchev–Trinajstić information content (AvgIpc) is 2.35. The molecule has 1 fully saturated rings. The van der Waals surface area contributed by atoms with E-state index < -0.39 is 0 Å². The van der Waals surface area contributed by atoms with Crippen molar-refractivity contribution in [1.82, 2.24) is 10.2 Å². The van der Waals surface area contributed by atoms with E-state index in [1.165, 1.54) is 0 Å². The summed E-state index contributed by atoms with van der Waals surface area (Å²) in [5.41, 5.74) is 0. The number of carbonyl (C=O) groups is 2. The molecule has 4 nitrogen and oxygen atoms in total. The van der Waals surface area contributed by atoms with Gasteiger partial charge in [-0.05, 0) is 12.8 Å². The molecule has 4 heteroatoms. The average molecular weight is 254 g/mol. The molecule has 1 heterocycles. The number of carbonyl (C=O) groups excluding carboxylic acids is 2. The zero-order valence-electron chi connectivity index (χ0n) is 12.0. The van der Waals surface area contributed by atoms with E-state index in [1.807, 2.05) is 32.6 Å². The van der Waals surface area contributed by atoms with Crippen LogP contribution in [0.25, 0.3) is 0 Å². The third-order valence-electron chi connectivity index (χ3n) is 3.48. The van der Waals surface area contributed by atoms with Gasteiger partial charge in [0.25, 0.3) is 0 Å². The smallest absolute Gasteiger partial charge is 0.236 e. The Bertz CT molecular complexity index is 292. The largest absolute Gasteiger partial charge is 0.342 e. The van der Waals surface area contributed by atoms with Crippen LogP contribution in [0, 0.1) is 11.8 Å². The molecule has 104 valence electrons. The molecule has 1 saturated heterocycles. The molecule has 0 aromatic carbocycles. The van der Waals surface area contributed by atoms with Gasteiger partial charge in [-0.15, -0.1) is 0 Å². The van der Waals surface area contributed by atoms with Gasteiger partial charge in [-0.2, -0.15) is 0 Å². The third-order valence-corrected chi connectivity index (χ3v) is 3.48. The second-order valence-corrected chi connectivity index (χ2v) is 5.75. The van der Waals surface area contributed by atoms with Crippen LogP contribution < -0.4 is 5.32 Å². The maximum absolute atomic E-state index is 11.9. The van der Waals surface area contributed by atoms with Crippen molar-refractivity contribution in [3.8, 4) is 0 Å². The number of nitrogens with one attached hydrogen (secondary N) is 1. The van der Waals surface area contributed by atoms with Crippen LogP contribution in [0.1, 0.15) is 40.5 Å². The Morgan fingerprint density at radius 3 is 2.17 bits per heavy atom. The standard InChI is InChI=1S/C14H26N2O2/c1-10(2)14(18)12-5-7-16(8-6-12)13(17)9-15-11(3)4/h10-12,15H,5-9H2,1-4H3. The first-order valence-electron chi connectivity index (χ1n) is 6.96. The van der Waals surface area contributed by atoms with E-state index in [-0.39, 0.29) is 17.7 Å². The molecule has 0 aromatic rings. The summed E-state index contributed by atoms with van der Waals surface area (Å²) in [5, 5.41) is 3.14. The van der Waals surface area contributed by atoms with Crippen molar-refractivity contribution < 1.29 is 9.59 Å². The van der Waals surface area contributed by atoms with Crippen molar-refractivity contribution >= 4 is 11.7 Å². The van der Waals surface area contributed by atoms with Gasteiger partial charge in [0.05, 0.1) is 6.54 Å². The molecule has 1 N–H and O–H groups in total. The van der Waals surface area contributed by atoms with E-state index >= 15 is 0 Å². The summed E-state index contributed by atoms with van der Waals surface area (Å²) < 4.78 is 0. The van der Waals surface area contributed by atoms with Crippen molar-refractivity contribution in [2.45, 2.75) is 46.6 Å². The lowest BCUT2D eigenvalue weighted by molar-refractivity contribution is -0.135. The lowest BCUT2D eigenvalue weighted by atomic mass is 9.87. The molecule has 18 heavy (non-hydrogen) atoms. The second kappa shape index (κ2) is 6.88. The number of rotatable bonds is 5. The molecule has 1 rings (SSSR count). The van der Waals surface area contributed by atoms with E-state index in [9.17, 15) is 9.59 Å². The van der Waals surface area contributed by atoms with Crippen LogP contribution >= 0.6 is 0 Å². The number of amides is 1. The van der Waals surface area contributed by atoms with Gasteiger partial charge >= 0.3 is 0 Å². The summed E-state index contributed by atoms with van der Waals surface area (Å²) in [6.07, 6.45) is 1.65. The fourth-order valence-corrected chi connectivity index (χ4v) is 2.29. The number of nitrogens with zero attached hydrogens (tertiary/aromatic N) is 1. The van der Waals surface area contributed by atoms with Gasteiger partial charge in [0.2, 0.25) is 5.91 Å². The summed E-state index contributed by atoms with van der Waals surface area (Å²) >= 11 is 0. The second-order valence-electron chi connectivity index (χ2n) is 5.75. The molecule has 0 saturated carbocycles. The first-order valence-corrected chi connectivity index (χ1v) is 6.96. The number of likely N-dealkylation sites (tertiary alicyclic amines) is 1. The topological polar surface area (TPSA) is 49.4 Å². The lowest BCUT2D eigenvalue weighted by Crippen LogP contribution is -2.45. The SMILES string of the molecule is CC(C)NCC(=O)N1CCC(C(=O)C(C)C)CC1. The Hall–Kier alpha value is -0.900. The Kier molecular flexibility index (Phi) is 5.79. The van der Waals surface area contributed by atoms with Crippen LogP contribution in [-0.2, 0) is 9.59 Å². The van der Waals surface area contributed by atoms with Crippen molar-refractivity contribution in [3.63, 3.8) is 0 Å². The molecular weight excluding hydrogens is 228 g/mol. The van der Waals surface area contributed by atoms with E-state index in [0.717, 1.165) is 25.9 Å². The molecule has 0 spiro atoms. The highest BCUT2D eigenvalue weighted by Crippen LogP contribution is 2.21. The van der Waals surface area contributed by atoms with Gasteiger partial charge in [0, 0.05) is 31.0 Å². The van der Waals surface area contributed by atoms with Crippen LogP contribution in [0.15, 0.2) is 0 Å². The Labute approximate surface area is 110 Å². The van der Waals surface area contributed by atoms with Crippen LogP contribution in [0.3, 0.4) is 0 Å². The van der Waals surface area contributed by atoms with Crippen molar-refractivity contribution in [1.29, 1.82) is 0 Å². The number of hydrogen-bond acceptors (Lipinski definition) is 3. The molecule has 1 aliphatic rings. The minimum atomic E-state index is 0.111. The number of piperidine rings is 1. The molecular formula is C14H26N2O2. The highest BCUT2D eigenvalue weighted by atomic mass is 16.2. The van der Waals surface area contributed by atoms with Crippen molar-refractivity contribution in [2.24, 2.45) is 11.8 Å². The quantitative estimate of drug-likeness (QED) is 0.808. The van der Waals surface area contributed by atoms with E-state index in [1.54, 1.807) is 0 Å². The molecule has 0 unspecified atom stereocenters. The highest BCUT2D eigenvalue weighted by molar-refractivity contribution is 5.83. The summed E-state index contributed by atoms with van der Waals surface area (Å²) in [6.45, 7) is 9.81. The molecule has 0 radical (unpaired) electrons. The van der Waals surface area contributed by atoms with Crippen LogP contribution in [0.2, 0.25) is 0 Å². The number of Topliss-reactive ketones (excluding diaryl/α,β-unsaturated/α-hetero) is 1. The maximum atomic E-state index is 11.9. The molecule has 0 atom stereocenters. The normalized spacial score (nSPS) is 17.6. The lowest BCUT2D eigenvalue weighted by Gasteiger charge is -2.32. The Morgan fingerprint density at radius 2 is 1.72 bits per heavy atom. The molecule has 1 amide bonds. The van der Waals surface area contributed by atoms with E-state index in [2.05, 4.69) is 5.32 Å². The zero-order valence-corrected chi connectivity index (χ0v) is 12.0. The van der Waals surface area contributed by atoms with Crippen molar-refractivity contribution in [3.05, 3.63) is 0 Å². The van der Waals surface area contributed by atoms with Gasteiger partial charge in [-0.1, -0.05) is 27.7 Å². The van der Waals surface area contributed by atoms with Crippen LogP contribution in [-0.4, -0.2) is 42.3 Å². The Balaban J connectivity index is 2.35. The maximum Gasteiger partial charge on any atom is 0.236 e. The Morgan fingerprint density at radius 1 is 1.17 bits per heavy atom. The third kappa shape index (κ3) is 4.41. The minimum absolute atomic E-state index is 0.111. The number of ketones is 1. The first-order chi connectivity index (χ1) is 8.41. The van der Waals surface area contributed by atoms with Gasteiger partial charge in [0.15, 0.2) is 0 Å². The van der Waals surface area contributed by atoms with E-state index in [4.69, 9.17) is 0 Å². The summed E-state index contributed by atoms with van der Waals surface area (Å²) in [4.78, 5) is 25.6. The first kappa shape index (κ1) is 15.2. The van der Waals surface area contributed by atoms with Crippen LogP contribution in [0.4, 0.5) is 0 Å². The predicted octanol–water partition coefficient (Wildman–Crippen LogP) is 1.45. The van der Waals surface area contributed by atoms with Gasteiger partial charge < -0.3 is 10.2 Å². The molecule has 1 aliphatic heterocycles. The highest BCUT2D eigenvalue weighted by Gasteiger charge is 2.28. The fraction of sp³-hybridized carbons (Fsp3) is 0.857. The fourth-order valence-electron chi connectivity index (χ4n) is 2.29. The molecule has 0 aromatic heterocycles. The van der Waals surface area contributed by atoms with Crippen molar-refractivity contribution in [2.75, 3.05) is 19.6 Å². The molecule has 0 aliphatic carbocycles. The summed E-state index contributed by atoms with van der Waals surface area (Å²) in [5.74, 6) is 0.772.